The predicted molar refractivity (Wildman–Crippen MR) is 89.8 cm³/mol. The van der Waals surface area contributed by atoms with E-state index in [4.69, 9.17) is 0 Å². The summed E-state index contributed by atoms with van der Waals surface area (Å²) in [4.78, 5) is 28.2. The Balaban J connectivity index is 1.54. The number of aromatic nitrogens is 1. The fourth-order valence-corrected chi connectivity index (χ4v) is 3.63. The Morgan fingerprint density at radius 3 is 3.09 bits per heavy atom. The second-order valence-corrected chi connectivity index (χ2v) is 7.06. The number of rotatable bonds is 5. The standard InChI is InChI=1S/C17H20N2O2S/c1-12(20)22-11-14-9-17(21)19(10-14)7-5-13-2-3-16-15(8-13)4-6-18-16/h2-4,6,8,14,18H,5,7,9-11H2,1H3. The summed E-state index contributed by atoms with van der Waals surface area (Å²) in [5.74, 6) is 1.29. The van der Waals surface area contributed by atoms with Crippen LogP contribution in [0.25, 0.3) is 10.9 Å². The molecule has 116 valence electrons. The largest absolute Gasteiger partial charge is 0.361 e. The van der Waals surface area contributed by atoms with E-state index in [1.54, 1.807) is 6.92 Å². The molecule has 2 aromatic rings. The van der Waals surface area contributed by atoms with E-state index in [1.165, 1.54) is 22.7 Å². The quantitative estimate of drug-likeness (QED) is 0.923. The highest BCUT2D eigenvalue weighted by atomic mass is 32.2. The highest BCUT2D eigenvalue weighted by Crippen LogP contribution is 2.23. The summed E-state index contributed by atoms with van der Waals surface area (Å²) >= 11 is 1.33. The maximum atomic E-state index is 12.0. The number of aromatic amines is 1. The van der Waals surface area contributed by atoms with Gasteiger partial charge in [-0.3, -0.25) is 9.59 Å². The average molecular weight is 316 g/mol. The third-order valence-corrected chi connectivity index (χ3v) is 5.15. The van der Waals surface area contributed by atoms with E-state index in [0.717, 1.165) is 30.8 Å². The molecule has 1 aliphatic rings. The van der Waals surface area contributed by atoms with E-state index in [2.05, 4.69) is 29.2 Å². The Bertz CT molecular complexity index is 695. The summed E-state index contributed by atoms with van der Waals surface area (Å²) in [6, 6.07) is 8.44. The molecule has 5 heteroatoms. The molecule has 0 bridgehead atoms. The number of hydrogen-bond donors (Lipinski definition) is 1. The van der Waals surface area contributed by atoms with Gasteiger partial charge in [0, 0.05) is 43.9 Å². The molecule has 3 rings (SSSR count). The Morgan fingerprint density at radius 1 is 1.41 bits per heavy atom. The zero-order valence-electron chi connectivity index (χ0n) is 12.7. The van der Waals surface area contributed by atoms with Crippen molar-refractivity contribution in [3.63, 3.8) is 0 Å². The molecule has 2 heterocycles. The van der Waals surface area contributed by atoms with Crippen LogP contribution in [-0.4, -0.2) is 39.7 Å². The van der Waals surface area contributed by atoms with Crippen molar-refractivity contribution >= 4 is 33.7 Å². The van der Waals surface area contributed by atoms with Crippen LogP contribution in [0.15, 0.2) is 30.5 Å². The van der Waals surface area contributed by atoms with E-state index in [9.17, 15) is 9.59 Å². The van der Waals surface area contributed by atoms with Gasteiger partial charge in [-0.25, -0.2) is 0 Å². The van der Waals surface area contributed by atoms with Crippen LogP contribution < -0.4 is 0 Å². The lowest BCUT2D eigenvalue weighted by Crippen LogP contribution is -2.27. The van der Waals surface area contributed by atoms with E-state index < -0.39 is 0 Å². The topological polar surface area (TPSA) is 53.2 Å². The van der Waals surface area contributed by atoms with Crippen molar-refractivity contribution in [2.45, 2.75) is 19.8 Å². The number of hydrogen-bond acceptors (Lipinski definition) is 3. The van der Waals surface area contributed by atoms with Gasteiger partial charge in [-0.2, -0.15) is 0 Å². The van der Waals surface area contributed by atoms with E-state index in [-0.39, 0.29) is 11.0 Å². The Kier molecular flexibility index (Phi) is 4.52. The highest BCUT2D eigenvalue weighted by molar-refractivity contribution is 8.13. The molecule has 1 amide bonds. The van der Waals surface area contributed by atoms with Crippen LogP contribution in [0.1, 0.15) is 18.9 Å². The summed E-state index contributed by atoms with van der Waals surface area (Å²) < 4.78 is 0. The lowest BCUT2D eigenvalue weighted by molar-refractivity contribution is -0.127. The van der Waals surface area contributed by atoms with Gasteiger partial charge in [-0.1, -0.05) is 17.8 Å². The van der Waals surface area contributed by atoms with Gasteiger partial charge in [0.2, 0.25) is 5.91 Å². The van der Waals surface area contributed by atoms with Crippen LogP contribution in [0.5, 0.6) is 0 Å². The molecule has 1 aromatic carbocycles. The van der Waals surface area contributed by atoms with Crippen molar-refractivity contribution < 1.29 is 9.59 Å². The van der Waals surface area contributed by atoms with Gasteiger partial charge in [0.1, 0.15) is 0 Å². The molecule has 1 aliphatic heterocycles. The molecule has 1 atom stereocenters. The number of nitrogens with zero attached hydrogens (tertiary/aromatic N) is 1. The fraction of sp³-hybridized carbons (Fsp3) is 0.412. The maximum absolute atomic E-state index is 12.0. The number of fused-ring (bicyclic) bond motifs is 1. The second-order valence-electron chi connectivity index (χ2n) is 5.86. The minimum Gasteiger partial charge on any atom is -0.361 e. The molecule has 1 saturated heterocycles. The van der Waals surface area contributed by atoms with Gasteiger partial charge < -0.3 is 9.88 Å². The lowest BCUT2D eigenvalue weighted by Gasteiger charge is -2.16. The molecule has 1 fully saturated rings. The van der Waals surface area contributed by atoms with Crippen molar-refractivity contribution in [2.24, 2.45) is 5.92 Å². The number of likely N-dealkylation sites (tertiary alicyclic amines) is 1. The Labute approximate surface area is 134 Å². The van der Waals surface area contributed by atoms with Gasteiger partial charge in [0.25, 0.3) is 0 Å². The number of nitrogens with one attached hydrogen (secondary N) is 1. The summed E-state index contributed by atoms with van der Waals surface area (Å²) in [5.41, 5.74) is 2.39. The minimum atomic E-state index is 0.130. The van der Waals surface area contributed by atoms with E-state index in [0.29, 0.717) is 12.3 Å². The van der Waals surface area contributed by atoms with Crippen molar-refractivity contribution in [3.8, 4) is 0 Å². The summed E-state index contributed by atoms with van der Waals surface area (Å²) in [7, 11) is 0. The zero-order chi connectivity index (χ0) is 15.5. The molecular formula is C17H20N2O2S. The van der Waals surface area contributed by atoms with E-state index >= 15 is 0 Å². The third kappa shape index (κ3) is 3.53. The first-order valence-electron chi connectivity index (χ1n) is 7.59. The minimum absolute atomic E-state index is 0.130. The molecule has 1 aromatic heterocycles. The molecular weight excluding hydrogens is 296 g/mol. The SMILES string of the molecule is CC(=O)SCC1CC(=O)N(CCc2ccc3[nH]ccc3c2)C1. The molecule has 0 spiro atoms. The first-order valence-corrected chi connectivity index (χ1v) is 8.57. The van der Waals surface area contributed by atoms with Crippen LogP contribution in [-0.2, 0) is 16.0 Å². The van der Waals surface area contributed by atoms with Crippen LogP contribution in [0.3, 0.4) is 0 Å². The van der Waals surface area contributed by atoms with Gasteiger partial charge in [-0.15, -0.1) is 0 Å². The smallest absolute Gasteiger partial charge is 0.222 e. The first-order chi connectivity index (χ1) is 10.6. The van der Waals surface area contributed by atoms with Crippen LogP contribution in [0.4, 0.5) is 0 Å². The Hall–Kier alpha value is -1.75. The number of thioether (sulfide) groups is 1. The van der Waals surface area contributed by atoms with Gasteiger partial charge >= 0.3 is 0 Å². The first kappa shape index (κ1) is 15.2. The third-order valence-electron chi connectivity index (χ3n) is 4.10. The number of benzene rings is 1. The molecule has 22 heavy (non-hydrogen) atoms. The van der Waals surface area contributed by atoms with Crippen LogP contribution in [0.2, 0.25) is 0 Å². The molecule has 0 aliphatic carbocycles. The van der Waals surface area contributed by atoms with Gasteiger partial charge in [-0.05, 0) is 41.5 Å². The van der Waals surface area contributed by atoms with Crippen LogP contribution in [0, 0.1) is 5.92 Å². The summed E-state index contributed by atoms with van der Waals surface area (Å²) in [5, 5.41) is 1.34. The van der Waals surface area contributed by atoms with Crippen molar-refractivity contribution in [1.82, 2.24) is 9.88 Å². The lowest BCUT2D eigenvalue weighted by atomic mass is 10.1. The van der Waals surface area contributed by atoms with Gasteiger partial charge in [0.05, 0.1) is 0 Å². The maximum Gasteiger partial charge on any atom is 0.222 e. The van der Waals surface area contributed by atoms with Gasteiger partial charge in [0.15, 0.2) is 5.12 Å². The number of carbonyl (C=O) groups is 2. The molecule has 1 N–H and O–H groups in total. The normalized spacial score (nSPS) is 18.3. The molecule has 0 radical (unpaired) electrons. The monoisotopic (exact) mass is 316 g/mol. The highest BCUT2D eigenvalue weighted by Gasteiger charge is 2.29. The predicted octanol–water partition coefficient (Wildman–Crippen LogP) is 2.84. The summed E-state index contributed by atoms with van der Waals surface area (Å²) in [6.07, 6.45) is 3.40. The molecule has 1 unspecified atom stereocenters. The van der Waals surface area contributed by atoms with Crippen molar-refractivity contribution in [3.05, 3.63) is 36.0 Å². The van der Waals surface area contributed by atoms with Crippen molar-refractivity contribution in [1.29, 1.82) is 0 Å². The van der Waals surface area contributed by atoms with E-state index in [1.807, 2.05) is 11.1 Å². The number of carbonyl (C=O) groups excluding carboxylic acids is 2. The second kappa shape index (κ2) is 6.57. The Morgan fingerprint density at radius 2 is 2.27 bits per heavy atom. The average Bonchev–Trinajstić information content (AvgIpc) is 3.08. The van der Waals surface area contributed by atoms with Crippen LogP contribution >= 0.6 is 11.8 Å². The summed E-state index contributed by atoms with van der Waals surface area (Å²) in [6.45, 7) is 3.12. The number of H-pyrrole nitrogens is 1. The zero-order valence-corrected chi connectivity index (χ0v) is 13.5. The molecule has 0 saturated carbocycles. The number of amides is 1. The van der Waals surface area contributed by atoms with Crippen molar-refractivity contribution in [2.75, 3.05) is 18.8 Å². The molecule has 4 nitrogen and oxygen atoms in total. The fourth-order valence-electron chi connectivity index (χ4n) is 2.94.